The number of carbonyl (C=O) groups is 2. The molecule has 1 aliphatic heterocycles. The van der Waals surface area contributed by atoms with E-state index in [9.17, 15) is 9.59 Å². The number of nitrogens with one attached hydrogen (secondary N) is 2. The number of carbonyl (C=O) groups excluding carboxylic acids is 2. The number of methoxy groups -OCH3 is 3. The highest BCUT2D eigenvalue weighted by atomic mass is 16.5. The van der Waals surface area contributed by atoms with E-state index in [4.69, 9.17) is 14.2 Å². The van der Waals surface area contributed by atoms with Crippen LogP contribution in [-0.2, 0) is 4.79 Å². The molecule has 2 atom stereocenters. The molecule has 2 N–H and O–H groups in total. The van der Waals surface area contributed by atoms with Crippen LogP contribution < -0.4 is 25.0 Å². The number of rotatable bonds is 7. The van der Waals surface area contributed by atoms with Crippen molar-refractivity contribution in [3.8, 4) is 17.2 Å². The Balaban J connectivity index is 1.67. The second-order valence-electron chi connectivity index (χ2n) is 7.66. The van der Waals surface area contributed by atoms with Crippen molar-refractivity contribution in [3.63, 3.8) is 0 Å². The minimum atomic E-state index is -0.812. The summed E-state index contributed by atoms with van der Waals surface area (Å²) < 4.78 is 17.6. The van der Waals surface area contributed by atoms with Crippen molar-refractivity contribution in [1.82, 2.24) is 10.7 Å². The van der Waals surface area contributed by atoms with Crippen LogP contribution in [0.4, 0.5) is 0 Å². The molecule has 3 aromatic carbocycles. The Bertz CT molecular complexity index is 1210. The first-order chi connectivity index (χ1) is 16.5. The molecular weight excluding hydrogens is 434 g/mol. The Hall–Kier alpha value is -4.33. The molecule has 3 aromatic rings. The van der Waals surface area contributed by atoms with Crippen molar-refractivity contribution < 1.29 is 28.5 Å². The van der Waals surface area contributed by atoms with Crippen molar-refractivity contribution in [2.75, 3.05) is 21.3 Å². The van der Waals surface area contributed by atoms with Gasteiger partial charge in [-0.1, -0.05) is 30.3 Å². The lowest BCUT2D eigenvalue weighted by molar-refractivity contribution is -0.596. The summed E-state index contributed by atoms with van der Waals surface area (Å²) in [5.41, 5.74) is 4.97. The topological polar surface area (TPSA) is 88.9 Å². The van der Waals surface area contributed by atoms with Crippen molar-refractivity contribution in [1.29, 1.82) is 0 Å². The fourth-order valence-electron chi connectivity index (χ4n) is 3.89. The Kier molecular flexibility index (Phi) is 6.77. The molecule has 2 amide bonds. The first-order valence-corrected chi connectivity index (χ1v) is 10.7. The number of amides is 2. The molecule has 8 nitrogen and oxygen atoms in total. The standard InChI is InChI=1S/C26H25N3O5/c1-32-20-12-10-19(11-13-20)25(30)27-23-24(18-7-5-4-6-8-18)29(28-26(23)31)16-17-9-14-21(33-2)22(15-17)34-3/h4-16,23-24H,1-3H3,(H-,27,28,30,31)/p+1/b29-16-/t23-,24+/m1/s1. The molecule has 0 saturated carbocycles. The van der Waals surface area contributed by atoms with E-state index < -0.39 is 12.1 Å². The Labute approximate surface area is 197 Å². The Morgan fingerprint density at radius 2 is 1.62 bits per heavy atom. The van der Waals surface area contributed by atoms with E-state index in [2.05, 4.69) is 10.7 Å². The molecule has 0 bridgehead atoms. The molecule has 0 aromatic heterocycles. The van der Waals surface area contributed by atoms with E-state index in [1.165, 1.54) is 0 Å². The van der Waals surface area contributed by atoms with Gasteiger partial charge in [0.15, 0.2) is 17.5 Å². The van der Waals surface area contributed by atoms with Crippen molar-refractivity contribution in [2.24, 2.45) is 0 Å². The molecule has 8 heteroatoms. The minimum absolute atomic E-state index is 0.313. The smallest absolute Gasteiger partial charge is 0.304 e. The van der Waals surface area contributed by atoms with Gasteiger partial charge in [0.1, 0.15) is 5.75 Å². The molecular formula is C26H26N3O5+. The van der Waals surface area contributed by atoms with Crippen molar-refractivity contribution in [3.05, 3.63) is 89.5 Å². The molecule has 1 heterocycles. The first-order valence-electron chi connectivity index (χ1n) is 10.7. The quantitative estimate of drug-likeness (QED) is 0.530. The van der Waals surface area contributed by atoms with Crippen LogP contribution in [0.1, 0.15) is 27.5 Å². The van der Waals surface area contributed by atoms with Gasteiger partial charge in [0.05, 0.1) is 21.3 Å². The number of nitrogens with zero attached hydrogens (tertiary/aromatic N) is 1. The van der Waals surface area contributed by atoms with Crippen molar-refractivity contribution >= 4 is 18.0 Å². The Morgan fingerprint density at radius 1 is 0.912 bits per heavy atom. The second-order valence-corrected chi connectivity index (χ2v) is 7.66. The lowest BCUT2D eigenvalue weighted by Gasteiger charge is -2.15. The van der Waals surface area contributed by atoms with Gasteiger partial charge in [-0.2, -0.15) is 0 Å². The summed E-state index contributed by atoms with van der Waals surface area (Å²) in [4.78, 5) is 25.9. The summed E-state index contributed by atoms with van der Waals surface area (Å²) in [5.74, 6) is 1.16. The summed E-state index contributed by atoms with van der Waals surface area (Å²) >= 11 is 0. The number of hydrogen-bond donors (Lipinski definition) is 2. The van der Waals surface area contributed by atoms with Gasteiger partial charge in [-0.25, -0.2) is 0 Å². The zero-order chi connectivity index (χ0) is 24.1. The maximum atomic E-state index is 13.0. The normalized spacial score (nSPS) is 18.3. The SMILES string of the molecule is COc1ccc(C(=O)N[C@H]2C(=O)N/[N+](=C\c3ccc(OC)c(OC)c3)[C@H]2c2ccccc2)cc1. The molecule has 1 aliphatic rings. The maximum absolute atomic E-state index is 13.0. The van der Waals surface area contributed by atoms with E-state index in [0.29, 0.717) is 22.8 Å². The molecule has 174 valence electrons. The maximum Gasteiger partial charge on any atom is 0.304 e. The van der Waals surface area contributed by atoms with Gasteiger partial charge in [-0.05, 0) is 42.5 Å². The largest absolute Gasteiger partial charge is 0.497 e. The van der Waals surface area contributed by atoms with Gasteiger partial charge in [0.2, 0.25) is 12.3 Å². The van der Waals surface area contributed by atoms with Crippen LogP contribution in [0.2, 0.25) is 0 Å². The van der Waals surface area contributed by atoms with Crippen LogP contribution in [0.15, 0.2) is 72.8 Å². The molecule has 34 heavy (non-hydrogen) atoms. The highest BCUT2D eigenvalue weighted by molar-refractivity contribution is 5.98. The van der Waals surface area contributed by atoms with Gasteiger partial charge >= 0.3 is 5.91 Å². The van der Waals surface area contributed by atoms with Gasteiger partial charge < -0.3 is 19.5 Å². The lowest BCUT2D eigenvalue weighted by Crippen LogP contribution is -2.42. The zero-order valence-electron chi connectivity index (χ0n) is 19.1. The summed E-state index contributed by atoms with van der Waals surface area (Å²) in [6, 6.07) is 20.5. The van der Waals surface area contributed by atoms with Crippen LogP contribution in [0.3, 0.4) is 0 Å². The van der Waals surface area contributed by atoms with Crippen LogP contribution in [-0.4, -0.2) is 50.1 Å². The predicted molar refractivity (Wildman–Crippen MR) is 127 cm³/mol. The molecule has 0 aliphatic carbocycles. The zero-order valence-corrected chi connectivity index (χ0v) is 19.1. The van der Waals surface area contributed by atoms with Crippen LogP contribution in [0, 0.1) is 0 Å². The third-order valence-corrected chi connectivity index (χ3v) is 5.61. The number of hydrogen-bond acceptors (Lipinski definition) is 5. The van der Waals surface area contributed by atoms with E-state index in [-0.39, 0.29) is 11.8 Å². The number of hydrazone groups is 1. The van der Waals surface area contributed by atoms with E-state index in [1.807, 2.05) is 42.5 Å². The summed E-state index contributed by atoms with van der Waals surface area (Å²) in [6.07, 6.45) is 1.80. The molecule has 0 unspecified atom stereocenters. The van der Waals surface area contributed by atoms with Crippen molar-refractivity contribution in [2.45, 2.75) is 12.1 Å². The lowest BCUT2D eigenvalue weighted by atomic mass is 10.00. The molecule has 0 radical (unpaired) electrons. The van der Waals surface area contributed by atoms with E-state index in [0.717, 1.165) is 11.1 Å². The van der Waals surface area contributed by atoms with E-state index >= 15 is 0 Å². The molecule has 0 spiro atoms. The number of hydrazine groups is 1. The third-order valence-electron chi connectivity index (χ3n) is 5.61. The minimum Gasteiger partial charge on any atom is -0.497 e. The fourth-order valence-corrected chi connectivity index (χ4v) is 3.89. The Morgan fingerprint density at radius 3 is 2.26 bits per heavy atom. The second kappa shape index (κ2) is 10.1. The molecule has 1 fully saturated rings. The fraction of sp³-hybridized carbons (Fsp3) is 0.192. The summed E-state index contributed by atoms with van der Waals surface area (Å²) in [7, 11) is 4.70. The summed E-state index contributed by atoms with van der Waals surface area (Å²) in [6.45, 7) is 0. The van der Waals surface area contributed by atoms with Gasteiger partial charge in [0, 0.05) is 16.7 Å². The van der Waals surface area contributed by atoms with Crippen LogP contribution in [0.5, 0.6) is 17.2 Å². The van der Waals surface area contributed by atoms with Crippen LogP contribution >= 0.6 is 0 Å². The van der Waals surface area contributed by atoms with Crippen LogP contribution in [0.25, 0.3) is 0 Å². The number of ether oxygens (including phenoxy) is 3. The third kappa shape index (κ3) is 4.71. The first kappa shape index (κ1) is 22.8. The molecule has 4 rings (SSSR count). The predicted octanol–water partition coefficient (Wildman–Crippen LogP) is 2.73. The van der Waals surface area contributed by atoms with Gasteiger partial charge in [-0.3, -0.25) is 9.59 Å². The van der Waals surface area contributed by atoms with Gasteiger partial charge in [0.25, 0.3) is 5.91 Å². The van der Waals surface area contributed by atoms with E-state index in [1.54, 1.807) is 62.6 Å². The average molecular weight is 461 g/mol. The summed E-state index contributed by atoms with van der Waals surface area (Å²) in [5, 5.41) is 2.89. The molecule has 1 saturated heterocycles. The average Bonchev–Trinajstić information content (AvgIpc) is 3.18. The highest BCUT2D eigenvalue weighted by Crippen LogP contribution is 2.29. The monoisotopic (exact) mass is 460 g/mol. The number of benzene rings is 3. The highest BCUT2D eigenvalue weighted by Gasteiger charge is 2.47. The van der Waals surface area contributed by atoms with Gasteiger partial charge in [-0.15, -0.1) is 10.1 Å².